The van der Waals surface area contributed by atoms with Gasteiger partial charge in [0.15, 0.2) is 4.67 Å². The van der Waals surface area contributed by atoms with E-state index in [0.29, 0.717) is 5.41 Å². The van der Waals surface area contributed by atoms with Gasteiger partial charge in [0.2, 0.25) is 0 Å². The largest absolute Gasteiger partial charge is 0.452 e. The second-order valence-electron chi connectivity index (χ2n) is 4.50. The Morgan fingerprint density at radius 3 is 2.43 bits per heavy atom. The fourth-order valence-electron chi connectivity index (χ4n) is 1.04. The summed E-state index contributed by atoms with van der Waals surface area (Å²) in [5.41, 5.74) is 0.307. The van der Waals surface area contributed by atoms with E-state index < -0.39 is 0 Å². The van der Waals surface area contributed by atoms with Crippen LogP contribution in [0.3, 0.4) is 0 Å². The van der Waals surface area contributed by atoms with E-state index >= 15 is 0 Å². The molecule has 0 bridgehead atoms. The van der Waals surface area contributed by atoms with Crippen molar-refractivity contribution in [3.63, 3.8) is 0 Å². The highest BCUT2D eigenvalue weighted by Crippen LogP contribution is 2.26. The number of furan rings is 1. The van der Waals surface area contributed by atoms with Gasteiger partial charge in [-0.05, 0) is 43.3 Å². The van der Waals surface area contributed by atoms with Crippen LogP contribution in [0.5, 0.6) is 0 Å². The van der Waals surface area contributed by atoms with Crippen molar-refractivity contribution in [2.75, 3.05) is 6.54 Å². The molecule has 0 unspecified atom stereocenters. The maximum absolute atomic E-state index is 5.44. The Kier molecular flexibility index (Phi) is 4.22. The predicted molar refractivity (Wildman–Crippen MR) is 65.3 cm³/mol. The van der Waals surface area contributed by atoms with Crippen LogP contribution in [0.15, 0.2) is 19.6 Å². The van der Waals surface area contributed by atoms with Crippen LogP contribution in [0.4, 0.5) is 0 Å². The molecule has 1 N–H and O–H groups in total. The summed E-state index contributed by atoms with van der Waals surface area (Å²) in [6.07, 6.45) is 0. The molecule has 1 aromatic rings. The van der Waals surface area contributed by atoms with E-state index in [1.54, 1.807) is 0 Å². The van der Waals surface area contributed by atoms with E-state index in [4.69, 9.17) is 4.42 Å². The first-order valence-corrected chi connectivity index (χ1v) is 6.11. The molecule has 0 fully saturated rings. The molecule has 0 aliphatic rings. The Balaban J connectivity index is 2.39. The van der Waals surface area contributed by atoms with Crippen molar-refractivity contribution in [1.82, 2.24) is 5.32 Å². The fraction of sp³-hybridized carbons (Fsp3) is 0.600. The van der Waals surface area contributed by atoms with Crippen molar-refractivity contribution in [2.24, 2.45) is 5.41 Å². The van der Waals surface area contributed by atoms with Gasteiger partial charge >= 0.3 is 0 Å². The zero-order valence-electron chi connectivity index (χ0n) is 8.66. The fourth-order valence-corrected chi connectivity index (χ4v) is 1.70. The third-order valence-corrected chi connectivity index (χ3v) is 3.36. The average molecular weight is 325 g/mol. The molecule has 0 aliphatic carbocycles. The van der Waals surface area contributed by atoms with Gasteiger partial charge in [-0.1, -0.05) is 20.8 Å². The summed E-state index contributed by atoms with van der Waals surface area (Å²) in [5.74, 6) is 0.938. The number of rotatable bonds is 3. The number of hydrogen-bond donors (Lipinski definition) is 1. The molecule has 0 saturated heterocycles. The first-order valence-electron chi connectivity index (χ1n) is 4.53. The van der Waals surface area contributed by atoms with E-state index in [1.165, 1.54) is 0 Å². The van der Waals surface area contributed by atoms with Gasteiger partial charge in [-0.3, -0.25) is 0 Å². The summed E-state index contributed by atoms with van der Waals surface area (Å²) < 4.78 is 7.15. The molecule has 2 nitrogen and oxygen atoms in total. The maximum atomic E-state index is 5.44. The minimum Gasteiger partial charge on any atom is -0.452 e. The number of halogens is 2. The zero-order chi connectivity index (χ0) is 10.8. The van der Waals surface area contributed by atoms with Crippen molar-refractivity contribution in [3.05, 3.63) is 21.0 Å². The molecular formula is C10H15Br2NO. The molecule has 0 aromatic carbocycles. The maximum Gasteiger partial charge on any atom is 0.183 e. The molecule has 80 valence electrons. The minimum atomic E-state index is 0.307. The molecule has 14 heavy (non-hydrogen) atoms. The molecular weight excluding hydrogens is 310 g/mol. The molecule has 0 atom stereocenters. The Morgan fingerprint density at radius 2 is 2.00 bits per heavy atom. The summed E-state index contributed by atoms with van der Waals surface area (Å²) in [7, 11) is 0. The summed E-state index contributed by atoms with van der Waals surface area (Å²) in [6, 6.07) is 1.97. The van der Waals surface area contributed by atoms with Gasteiger partial charge in [-0.2, -0.15) is 0 Å². The van der Waals surface area contributed by atoms with Gasteiger partial charge < -0.3 is 9.73 Å². The van der Waals surface area contributed by atoms with Gasteiger partial charge in [0.05, 0.1) is 11.0 Å². The van der Waals surface area contributed by atoms with Crippen LogP contribution in [0.2, 0.25) is 0 Å². The first kappa shape index (κ1) is 12.3. The zero-order valence-corrected chi connectivity index (χ0v) is 11.8. The van der Waals surface area contributed by atoms with Gasteiger partial charge in [-0.15, -0.1) is 0 Å². The van der Waals surface area contributed by atoms with E-state index in [0.717, 1.165) is 28.0 Å². The summed E-state index contributed by atoms with van der Waals surface area (Å²) in [4.78, 5) is 0. The van der Waals surface area contributed by atoms with Crippen molar-refractivity contribution in [2.45, 2.75) is 27.3 Å². The molecule has 0 radical (unpaired) electrons. The van der Waals surface area contributed by atoms with Gasteiger partial charge in [0.25, 0.3) is 0 Å². The Morgan fingerprint density at radius 1 is 1.36 bits per heavy atom. The van der Waals surface area contributed by atoms with Crippen molar-refractivity contribution >= 4 is 31.9 Å². The van der Waals surface area contributed by atoms with E-state index in [-0.39, 0.29) is 0 Å². The lowest BCUT2D eigenvalue weighted by Crippen LogP contribution is -2.26. The highest BCUT2D eigenvalue weighted by molar-refractivity contribution is 9.13. The predicted octanol–water partition coefficient (Wildman–Crippen LogP) is 3.94. The summed E-state index contributed by atoms with van der Waals surface area (Å²) in [5, 5.41) is 3.35. The Hall–Kier alpha value is 0.200. The second-order valence-corrected chi connectivity index (χ2v) is 6.07. The van der Waals surface area contributed by atoms with Crippen molar-refractivity contribution < 1.29 is 4.42 Å². The monoisotopic (exact) mass is 323 g/mol. The average Bonchev–Trinajstić information content (AvgIpc) is 2.28. The lowest BCUT2D eigenvalue weighted by molar-refractivity contribution is 0.365. The van der Waals surface area contributed by atoms with Crippen LogP contribution in [0, 0.1) is 5.41 Å². The highest BCUT2D eigenvalue weighted by atomic mass is 79.9. The molecule has 0 saturated carbocycles. The quantitative estimate of drug-likeness (QED) is 0.911. The lowest BCUT2D eigenvalue weighted by atomic mass is 9.97. The molecule has 0 spiro atoms. The first-order chi connectivity index (χ1) is 6.38. The van der Waals surface area contributed by atoms with Crippen molar-refractivity contribution in [3.8, 4) is 0 Å². The lowest BCUT2D eigenvalue weighted by Gasteiger charge is -2.18. The Labute approximate surface area is 102 Å². The van der Waals surface area contributed by atoms with Crippen LogP contribution in [-0.2, 0) is 6.54 Å². The van der Waals surface area contributed by atoms with Gasteiger partial charge in [-0.25, -0.2) is 0 Å². The Bertz CT molecular complexity index is 282. The third-order valence-electron chi connectivity index (χ3n) is 1.65. The number of nitrogens with one attached hydrogen (secondary N) is 1. The smallest absolute Gasteiger partial charge is 0.183 e. The topological polar surface area (TPSA) is 25.2 Å². The minimum absolute atomic E-state index is 0.307. The van der Waals surface area contributed by atoms with E-state index in [2.05, 4.69) is 57.9 Å². The summed E-state index contributed by atoms with van der Waals surface area (Å²) in [6.45, 7) is 8.35. The van der Waals surface area contributed by atoms with Crippen LogP contribution >= 0.6 is 31.9 Å². The number of hydrogen-bond acceptors (Lipinski definition) is 2. The second kappa shape index (κ2) is 4.81. The third kappa shape index (κ3) is 4.15. The molecule has 1 heterocycles. The van der Waals surface area contributed by atoms with Crippen LogP contribution in [-0.4, -0.2) is 6.54 Å². The van der Waals surface area contributed by atoms with Gasteiger partial charge in [0.1, 0.15) is 5.76 Å². The highest BCUT2D eigenvalue weighted by Gasteiger charge is 2.10. The molecule has 1 aromatic heterocycles. The van der Waals surface area contributed by atoms with Crippen LogP contribution in [0.25, 0.3) is 0 Å². The SMILES string of the molecule is CC(C)(C)CNCc1cc(Br)c(Br)o1. The van der Waals surface area contributed by atoms with E-state index in [1.807, 2.05) is 6.07 Å². The molecule has 0 amide bonds. The van der Waals surface area contributed by atoms with Crippen molar-refractivity contribution in [1.29, 1.82) is 0 Å². The van der Waals surface area contributed by atoms with Crippen LogP contribution < -0.4 is 5.32 Å². The molecule has 1 rings (SSSR count). The molecule has 0 aliphatic heterocycles. The standard InChI is InChI=1S/C10H15Br2NO/c1-10(2,3)6-13-5-7-4-8(11)9(12)14-7/h4,13H,5-6H2,1-3H3. The van der Waals surface area contributed by atoms with Gasteiger partial charge in [0, 0.05) is 6.54 Å². The van der Waals surface area contributed by atoms with Crippen LogP contribution in [0.1, 0.15) is 26.5 Å². The van der Waals surface area contributed by atoms with E-state index in [9.17, 15) is 0 Å². The summed E-state index contributed by atoms with van der Waals surface area (Å²) >= 11 is 6.69. The molecule has 4 heteroatoms. The normalized spacial score (nSPS) is 12.1.